The number of amides is 3. The fraction of sp³-hybridized carbons (Fsp3) is 0.500. The largest absolute Gasteiger partial charge is 0.338 e. The SMILES string of the molecule is CCN(C(=O)CN1C(=O)c2cccc([N+](=O)[O-])c2C1=O)C1CCCCC1. The van der Waals surface area contributed by atoms with Crippen LogP contribution in [0.5, 0.6) is 0 Å². The second-order valence-electron chi connectivity index (χ2n) is 6.62. The Morgan fingerprint density at radius 1 is 1.23 bits per heavy atom. The molecule has 1 aliphatic heterocycles. The molecule has 0 radical (unpaired) electrons. The second kappa shape index (κ2) is 7.23. The Bertz CT molecular complexity index is 770. The molecule has 1 fully saturated rings. The zero-order valence-electron chi connectivity index (χ0n) is 14.6. The highest BCUT2D eigenvalue weighted by Crippen LogP contribution is 2.31. The summed E-state index contributed by atoms with van der Waals surface area (Å²) in [5, 5.41) is 11.2. The van der Waals surface area contributed by atoms with Crippen molar-refractivity contribution in [2.45, 2.75) is 45.1 Å². The van der Waals surface area contributed by atoms with Gasteiger partial charge in [0.15, 0.2) is 0 Å². The maximum absolute atomic E-state index is 12.7. The van der Waals surface area contributed by atoms with Crippen molar-refractivity contribution in [3.63, 3.8) is 0 Å². The van der Waals surface area contributed by atoms with Gasteiger partial charge in [-0.1, -0.05) is 25.3 Å². The average molecular weight is 359 g/mol. The summed E-state index contributed by atoms with van der Waals surface area (Å²) in [6.07, 6.45) is 5.13. The first-order chi connectivity index (χ1) is 12.5. The van der Waals surface area contributed by atoms with Crippen LogP contribution in [0.2, 0.25) is 0 Å². The molecule has 1 heterocycles. The van der Waals surface area contributed by atoms with Gasteiger partial charge in [-0.25, -0.2) is 0 Å². The number of carbonyl (C=O) groups excluding carboxylic acids is 3. The van der Waals surface area contributed by atoms with E-state index in [9.17, 15) is 24.5 Å². The molecular weight excluding hydrogens is 338 g/mol. The highest BCUT2D eigenvalue weighted by atomic mass is 16.6. The summed E-state index contributed by atoms with van der Waals surface area (Å²) in [5.41, 5.74) is -0.649. The first-order valence-electron chi connectivity index (χ1n) is 8.88. The van der Waals surface area contributed by atoms with E-state index in [-0.39, 0.29) is 29.6 Å². The van der Waals surface area contributed by atoms with Crippen molar-refractivity contribution in [1.82, 2.24) is 9.80 Å². The number of imide groups is 1. The van der Waals surface area contributed by atoms with Gasteiger partial charge in [-0.05, 0) is 25.8 Å². The zero-order valence-corrected chi connectivity index (χ0v) is 14.6. The topological polar surface area (TPSA) is 101 Å². The second-order valence-corrected chi connectivity index (χ2v) is 6.62. The molecule has 8 nitrogen and oxygen atoms in total. The molecule has 1 aliphatic carbocycles. The Labute approximate surface area is 150 Å². The molecule has 2 aliphatic rings. The highest BCUT2D eigenvalue weighted by Gasteiger charge is 2.42. The van der Waals surface area contributed by atoms with Crippen molar-refractivity contribution >= 4 is 23.4 Å². The molecule has 0 atom stereocenters. The quantitative estimate of drug-likeness (QED) is 0.456. The van der Waals surface area contributed by atoms with E-state index in [0.717, 1.165) is 37.0 Å². The van der Waals surface area contributed by atoms with Crippen LogP contribution in [-0.2, 0) is 4.79 Å². The van der Waals surface area contributed by atoms with Gasteiger partial charge in [-0.3, -0.25) is 29.4 Å². The summed E-state index contributed by atoms with van der Waals surface area (Å²) < 4.78 is 0. The summed E-state index contributed by atoms with van der Waals surface area (Å²) in [6.45, 7) is 2.00. The standard InChI is InChI=1S/C18H21N3O5/c1-2-19(12-7-4-3-5-8-12)15(22)11-20-17(23)13-9-6-10-14(21(25)26)16(13)18(20)24/h6,9-10,12H,2-5,7-8,11H2,1H3. The number of nitro benzene ring substituents is 1. The van der Waals surface area contributed by atoms with E-state index < -0.39 is 22.4 Å². The van der Waals surface area contributed by atoms with Crippen molar-refractivity contribution < 1.29 is 19.3 Å². The van der Waals surface area contributed by atoms with E-state index in [4.69, 9.17) is 0 Å². The molecule has 138 valence electrons. The van der Waals surface area contributed by atoms with E-state index in [1.54, 1.807) is 4.90 Å². The minimum Gasteiger partial charge on any atom is -0.338 e. The summed E-state index contributed by atoms with van der Waals surface area (Å²) in [6, 6.07) is 4.07. The van der Waals surface area contributed by atoms with Gasteiger partial charge in [0.25, 0.3) is 17.5 Å². The van der Waals surface area contributed by atoms with Crippen molar-refractivity contribution in [2.24, 2.45) is 0 Å². The minimum atomic E-state index is -0.773. The number of fused-ring (bicyclic) bond motifs is 1. The summed E-state index contributed by atoms with van der Waals surface area (Å²) in [4.78, 5) is 50.8. The van der Waals surface area contributed by atoms with Gasteiger partial charge in [0.2, 0.25) is 5.91 Å². The fourth-order valence-corrected chi connectivity index (χ4v) is 3.87. The number of nitrogens with zero attached hydrogens (tertiary/aromatic N) is 3. The van der Waals surface area contributed by atoms with Crippen LogP contribution in [0.15, 0.2) is 18.2 Å². The van der Waals surface area contributed by atoms with Gasteiger partial charge in [0.1, 0.15) is 12.1 Å². The Hall–Kier alpha value is -2.77. The van der Waals surface area contributed by atoms with Crippen LogP contribution in [0.25, 0.3) is 0 Å². The van der Waals surface area contributed by atoms with Crippen molar-refractivity contribution in [1.29, 1.82) is 0 Å². The predicted molar refractivity (Wildman–Crippen MR) is 92.7 cm³/mol. The number of benzene rings is 1. The van der Waals surface area contributed by atoms with Crippen molar-refractivity contribution in [2.75, 3.05) is 13.1 Å². The number of hydrogen-bond donors (Lipinski definition) is 0. The molecule has 0 aromatic heterocycles. The molecule has 0 spiro atoms. The van der Waals surface area contributed by atoms with E-state index >= 15 is 0 Å². The molecule has 8 heteroatoms. The maximum atomic E-state index is 12.7. The lowest BCUT2D eigenvalue weighted by Crippen LogP contribution is -2.47. The monoisotopic (exact) mass is 359 g/mol. The molecule has 3 amide bonds. The van der Waals surface area contributed by atoms with Gasteiger partial charge in [-0.15, -0.1) is 0 Å². The molecular formula is C18H21N3O5. The van der Waals surface area contributed by atoms with E-state index in [0.29, 0.717) is 6.54 Å². The zero-order chi connectivity index (χ0) is 18.8. The van der Waals surface area contributed by atoms with Gasteiger partial charge in [0.05, 0.1) is 10.5 Å². The van der Waals surface area contributed by atoms with Crippen molar-refractivity contribution in [3.8, 4) is 0 Å². The average Bonchev–Trinajstić information content (AvgIpc) is 2.88. The van der Waals surface area contributed by atoms with Crippen molar-refractivity contribution in [3.05, 3.63) is 39.4 Å². The van der Waals surface area contributed by atoms with E-state index in [1.165, 1.54) is 18.2 Å². The molecule has 1 saturated carbocycles. The third-order valence-electron chi connectivity index (χ3n) is 5.14. The smallest absolute Gasteiger partial charge is 0.282 e. The molecule has 0 N–H and O–H groups in total. The summed E-state index contributed by atoms with van der Waals surface area (Å²) in [5.74, 6) is -1.72. The van der Waals surface area contributed by atoms with Gasteiger partial charge < -0.3 is 4.90 Å². The summed E-state index contributed by atoms with van der Waals surface area (Å²) in [7, 11) is 0. The first-order valence-corrected chi connectivity index (χ1v) is 8.88. The predicted octanol–water partition coefficient (Wildman–Crippen LogP) is 2.37. The maximum Gasteiger partial charge on any atom is 0.282 e. The number of rotatable bonds is 5. The van der Waals surface area contributed by atoms with E-state index in [1.807, 2.05) is 6.92 Å². The van der Waals surface area contributed by atoms with E-state index in [2.05, 4.69) is 0 Å². The van der Waals surface area contributed by atoms with Gasteiger partial charge >= 0.3 is 0 Å². The van der Waals surface area contributed by atoms with Crippen LogP contribution >= 0.6 is 0 Å². The van der Waals surface area contributed by atoms with Crippen LogP contribution in [0.4, 0.5) is 5.69 Å². The third kappa shape index (κ3) is 3.07. The molecule has 26 heavy (non-hydrogen) atoms. The Morgan fingerprint density at radius 3 is 2.54 bits per heavy atom. The molecule has 1 aromatic carbocycles. The number of carbonyl (C=O) groups is 3. The van der Waals surface area contributed by atoms with Crippen LogP contribution in [0.3, 0.4) is 0 Å². The number of likely N-dealkylation sites (N-methyl/N-ethyl adjacent to an activating group) is 1. The molecule has 0 unspecified atom stereocenters. The lowest BCUT2D eigenvalue weighted by atomic mass is 9.94. The van der Waals surface area contributed by atoms with Crippen LogP contribution in [0, 0.1) is 10.1 Å². The Kier molecular flexibility index (Phi) is 5.01. The van der Waals surface area contributed by atoms with Crippen LogP contribution in [0.1, 0.15) is 59.7 Å². The highest BCUT2D eigenvalue weighted by molar-refractivity contribution is 6.24. The molecule has 0 bridgehead atoms. The van der Waals surface area contributed by atoms with Gasteiger partial charge in [0, 0.05) is 18.7 Å². The third-order valence-corrected chi connectivity index (χ3v) is 5.14. The molecule has 0 saturated heterocycles. The Morgan fingerprint density at radius 2 is 1.92 bits per heavy atom. The minimum absolute atomic E-state index is 0.0160. The Balaban J connectivity index is 1.81. The lowest BCUT2D eigenvalue weighted by Gasteiger charge is -2.34. The lowest BCUT2D eigenvalue weighted by molar-refractivity contribution is -0.385. The first kappa shape index (κ1) is 18.0. The van der Waals surface area contributed by atoms with Crippen LogP contribution in [-0.4, -0.2) is 51.6 Å². The number of nitro groups is 1. The number of hydrogen-bond acceptors (Lipinski definition) is 5. The van der Waals surface area contributed by atoms with Crippen LogP contribution < -0.4 is 0 Å². The van der Waals surface area contributed by atoms with Gasteiger partial charge in [-0.2, -0.15) is 0 Å². The summed E-state index contributed by atoms with van der Waals surface area (Å²) >= 11 is 0. The fourth-order valence-electron chi connectivity index (χ4n) is 3.87. The molecule has 3 rings (SSSR count). The normalized spacial score (nSPS) is 17.3. The molecule has 1 aromatic rings.